The molecule has 0 radical (unpaired) electrons. The van der Waals surface area contributed by atoms with Gasteiger partial charge >= 0.3 is 0 Å². The molecule has 8 aromatic carbocycles. The molecule has 0 saturated heterocycles. The second kappa shape index (κ2) is 12.2. The van der Waals surface area contributed by atoms with Gasteiger partial charge < -0.3 is 4.57 Å². The van der Waals surface area contributed by atoms with E-state index in [1.54, 1.807) is 0 Å². The third-order valence-electron chi connectivity index (χ3n) is 10.9. The molecule has 3 heterocycles. The van der Waals surface area contributed by atoms with E-state index in [0.717, 1.165) is 50.5 Å². The molecule has 3 nitrogen and oxygen atoms in total. The van der Waals surface area contributed by atoms with Crippen molar-refractivity contribution in [3.63, 3.8) is 0 Å². The van der Waals surface area contributed by atoms with E-state index in [2.05, 4.69) is 209 Å². The van der Waals surface area contributed by atoms with Crippen LogP contribution in [0.1, 0.15) is 0 Å². The van der Waals surface area contributed by atoms with Crippen LogP contribution in [-0.2, 0) is 0 Å². The molecule has 252 valence electrons. The minimum atomic E-state index is 0.886. The number of hydrogen-bond donors (Lipinski definition) is 0. The minimum absolute atomic E-state index is 0.886. The van der Waals surface area contributed by atoms with Gasteiger partial charge in [-0.3, -0.25) is 4.57 Å². The molecule has 0 N–H and O–H groups in total. The average Bonchev–Trinajstić information content (AvgIpc) is 3.76. The topological polar surface area (TPSA) is 22.8 Å². The zero-order valence-corrected chi connectivity index (χ0v) is 29.4. The Labute approximate surface area is 312 Å². The highest BCUT2D eigenvalue weighted by Crippen LogP contribution is 2.44. The maximum atomic E-state index is 5.48. The summed E-state index contributed by atoms with van der Waals surface area (Å²) in [6.45, 7) is 0. The number of pyridine rings is 1. The van der Waals surface area contributed by atoms with Crippen molar-refractivity contribution in [2.75, 3.05) is 0 Å². The number of aromatic nitrogens is 3. The molecule has 0 aliphatic rings. The van der Waals surface area contributed by atoms with Crippen LogP contribution in [0.3, 0.4) is 0 Å². The lowest BCUT2D eigenvalue weighted by atomic mass is 9.94. The monoisotopic (exact) mass is 687 g/mol. The quantitative estimate of drug-likeness (QED) is 0.177. The van der Waals surface area contributed by atoms with E-state index in [-0.39, 0.29) is 0 Å². The van der Waals surface area contributed by atoms with Crippen molar-refractivity contribution >= 4 is 54.4 Å². The first-order valence-corrected chi connectivity index (χ1v) is 18.5. The lowest BCUT2D eigenvalue weighted by molar-refractivity contribution is 1.09. The van der Waals surface area contributed by atoms with Gasteiger partial charge in [0.2, 0.25) is 0 Å². The number of para-hydroxylation sites is 3. The van der Waals surface area contributed by atoms with Gasteiger partial charge in [-0.1, -0.05) is 152 Å². The first kappa shape index (κ1) is 30.4. The Hall–Kier alpha value is -7.23. The van der Waals surface area contributed by atoms with Crippen LogP contribution in [-0.4, -0.2) is 14.1 Å². The predicted molar refractivity (Wildman–Crippen MR) is 227 cm³/mol. The van der Waals surface area contributed by atoms with Gasteiger partial charge in [-0.15, -0.1) is 0 Å². The molecule has 54 heavy (non-hydrogen) atoms. The molecule has 3 aromatic heterocycles. The second-order valence-corrected chi connectivity index (χ2v) is 14.0. The molecule has 11 rings (SSSR count). The lowest BCUT2D eigenvalue weighted by Crippen LogP contribution is -2.01. The van der Waals surface area contributed by atoms with E-state index < -0.39 is 0 Å². The van der Waals surface area contributed by atoms with Crippen LogP contribution >= 0.6 is 0 Å². The first-order valence-electron chi connectivity index (χ1n) is 18.5. The lowest BCUT2D eigenvalue weighted by Gasteiger charge is -2.16. The van der Waals surface area contributed by atoms with E-state index in [1.807, 2.05) is 0 Å². The Morgan fingerprint density at radius 1 is 0.333 bits per heavy atom. The molecule has 0 aliphatic carbocycles. The van der Waals surface area contributed by atoms with E-state index in [0.29, 0.717) is 0 Å². The molecule has 0 atom stereocenters. The van der Waals surface area contributed by atoms with Gasteiger partial charge in [0.05, 0.1) is 27.8 Å². The van der Waals surface area contributed by atoms with Crippen LogP contribution in [0.2, 0.25) is 0 Å². The fraction of sp³-hybridized carbons (Fsp3) is 0. The highest BCUT2D eigenvalue weighted by Gasteiger charge is 2.22. The SMILES string of the molecule is c1ccc(-c2cc(-c3ccccc3)nc(-n3c4ccccc4c4cc5ccccc5c(-c5ccc6c7ccccc7n(-c7ccccc7)c6c5)c43)c2)cc1. The van der Waals surface area contributed by atoms with Crippen LogP contribution in [0.5, 0.6) is 0 Å². The molecule has 0 aliphatic heterocycles. The zero-order chi connectivity index (χ0) is 35.6. The highest BCUT2D eigenvalue weighted by molar-refractivity contribution is 6.22. The zero-order valence-electron chi connectivity index (χ0n) is 29.4. The summed E-state index contributed by atoms with van der Waals surface area (Å²) < 4.78 is 4.81. The number of rotatable bonds is 5. The Morgan fingerprint density at radius 3 is 1.65 bits per heavy atom. The third kappa shape index (κ3) is 4.72. The van der Waals surface area contributed by atoms with Crippen molar-refractivity contribution < 1.29 is 0 Å². The number of hydrogen-bond acceptors (Lipinski definition) is 1. The molecular weight excluding hydrogens is 655 g/mol. The van der Waals surface area contributed by atoms with Crippen molar-refractivity contribution in [3.8, 4) is 45.0 Å². The largest absolute Gasteiger partial charge is 0.309 e. The summed E-state index contributed by atoms with van der Waals surface area (Å²) >= 11 is 0. The average molecular weight is 688 g/mol. The van der Waals surface area contributed by atoms with Crippen LogP contribution in [0.25, 0.3) is 99.4 Å². The van der Waals surface area contributed by atoms with Crippen LogP contribution < -0.4 is 0 Å². The summed E-state index contributed by atoms with van der Waals surface area (Å²) in [6.07, 6.45) is 0. The summed E-state index contributed by atoms with van der Waals surface area (Å²) in [5.74, 6) is 0.886. The Morgan fingerprint density at radius 2 is 0.907 bits per heavy atom. The summed E-state index contributed by atoms with van der Waals surface area (Å²) in [6, 6.07) is 72.1. The number of fused-ring (bicyclic) bond motifs is 7. The van der Waals surface area contributed by atoms with E-state index in [4.69, 9.17) is 4.98 Å². The van der Waals surface area contributed by atoms with Crippen LogP contribution in [0, 0.1) is 0 Å². The van der Waals surface area contributed by atoms with Gasteiger partial charge in [0.1, 0.15) is 5.82 Å². The minimum Gasteiger partial charge on any atom is -0.309 e. The molecule has 11 aromatic rings. The van der Waals surface area contributed by atoms with Gasteiger partial charge in [-0.2, -0.15) is 0 Å². The van der Waals surface area contributed by atoms with Crippen LogP contribution in [0.4, 0.5) is 0 Å². The molecule has 0 saturated carbocycles. The normalized spacial score (nSPS) is 11.7. The van der Waals surface area contributed by atoms with Gasteiger partial charge in [0.15, 0.2) is 0 Å². The maximum absolute atomic E-state index is 5.48. The number of benzene rings is 8. The van der Waals surface area contributed by atoms with Gasteiger partial charge in [0, 0.05) is 38.4 Å². The summed E-state index contributed by atoms with van der Waals surface area (Å²) in [5.41, 5.74) is 12.5. The number of nitrogens with zero attached hydrogens (tertiary/aromatic N) is 3. The maximum Gasteiger partial charge on any atom is 0.138 e. The Bertz CT molecular complexity index is 3130. The van der Waals surface area contributed by atoms with Gasteiger partial charge in [-0.05, 0) is 76.0 Å². The van der Waals surface area contributed by atoms with E-state index in [9.17, 15) is 0 Å². The van der Waals surface area contributed by atoms with Crippen molar-refractivity contribution in [3.05, 3.63) is 200 Å². The Balaban J connectivity index is 1.28. The van der Waals surface area contributed by atoms with Gasteiger partial charge in [0.25, 0.3) is 0 Å². The van der Waals surface area contributed by atoms with Crippen LogP contribution in [0.15, 0.2) is 200 Å². The summed E-state index contributed by atoms with van der Waals surface area (Å²) in [5, 5.41) is 7.31. The van der Waals surface area contributed by atoms with E-state index >= 15 is 0 Å². The predicted octanol–water partition coefficient (Wildman–Crippen LogP) is 13.4. The van der Waals surface area contributed by atoms with E-state index in [1.165, 1.54) is 48.9 Å². The molecule has 0 bridgehead atoms. The summed E-state index contributed by atoms with van der Waals surface area (Å²) in [7, 11) is 0. The molecular formula is C51H33N3. The third-order valence-corrected chi connectivity index (χ3v) is 10.9. The standard InChI is InChI=1S/C51H33N3/c1-4-16-34(17-5-1)38-31-45(35-18-6-2-7-19-35)52-49(33-38)54-47-27-15-13-25-42(47)44-30-36-20-10-11-23-40(36)50(51(44)54)37-28-29-43-41-24-12-14-26-46(41)53(48(43)32-37)39-21-8-3-9-22-39/h1-33H. The molecule has 0 unspecified atom stereocenters. The first-order chi connectivity index (χ1) is 26.8. The summed E-state index contributed by atoms with van der Waals surface area (Å²) in [4.78, 5) is 5.48. The molecule has 0 spiro atoms. The van der Waals surface area contributed by atoms with Crippen molar-refractivity contribution in [1.29, 1.82) is 0 Å². The smallest absolute Gasteiger partial charge is 0.138 e. The van der Waals surface area contributed by atoms with Crippen molar-refractivity contribution in [2.45, 2.75) is 0 Å². The second-order valence-electron chi connectivity index (χ2n) is 14.0. The van der Waals surface area contributed by atoms with Crippen molar-refractivity contribution in [1.82, 2.24) is 14.1 Å². The molecule has 3 heteroatoms. The molecule has 0 fully saturated rings. The highest BCUT2D eigenvalue weighted by atomic mass is 15.1. The fourth-order valence-corrected chi connectivity index (χ4v) is 8.49. The molecule has 0 amide bonds. The Kier molecular flexibility index (Phi) is 6.86. The van der Waals surface area contributed by atoms with Gasteiger partial charge in [-0.25, -0.2) is 4.98 Å². The van der Waals surface area contributed by atoms with Crippen molar-refractivity contribution in [2.24, 2.45) is 0 Å². The fourth-order valence-electron chi connectivity index (χ4n) is 8.49.